The lowest BCUT2D eigenvalue weighted by molar-refractivity contribution is -0.135. The molecule has 1 N–H and O–H groups in total. The minimum Gasteiger partial charge on any atom is -0.383 e. The molecule has 94 valence electrons. The summed E-state index contributed by atoms with van der Waals surface area (Å²) in [7, 11) is 1.67. The van der Waals surface area contributed by atoms with E-state index in [-0.39, 0.29) is 18.0 Å². The zero-order chi connectivity index (χ0) is 12.0. The second-order valence-corrected chi connectivity index (χ2v) is 5.08. The van der Waals surface area contributed by atoms with Crippen LogP contribution in [-0.2, 0) is 9.53 Å². The first-order chi connectivity index (χ1) is 7.70. The molecule has 0 aromatic carbocycles. The molecule has 0 spiro atoms. The molecule has 5 heteroatoms. The molecule has 0 aromatic rings. The van der Waals surface area contributed by atoms with Crippen molar-refractivity contribution in [1.82, 2.24) is 10.2 Å². The van der Waals surface area contributed by atoms with Gasteiger partial charge in [-0.25, -0.2) is 0 Å². The smallest absolute Gasteiger partial charge is 0.240 e. The van der Waals surface area contributed by atoms with Crippen molar-refractivity contribution >= 4 is 17.7 Å². The van der Waals surface area contributed by atoms with Crippen molar-refractivity contribution in [1.29, 1.82) is 0 Å². The second kappa shape index (κ2) is 7.14. The maximum atomic E-state index is 12.2. The number of rotatable bonds is 6. The molecule has 1 aliphatic rings. The van der Waals surface area contributed by atoms with E-state index in [1.165, 1.54) is 0 Å². The van der Waals surface area contributed by atoms with Crippen LogP contribution in [0.5, 0.6) is 0 Å². The van der Waals surface area contributed by atoms with Gasteiger partial charge < -0.3 is 9.64 Å². The predicted molar refractivity (Wildman–Crippen MR) is 67.6 cm³/mol. The number of carbonyl (C=O) groups excluding carboxylic acids is 1. The maximum Gasteiger partial charge on any atom is 0.240 e. The molecular weight excluding hydrogens is 224 g/mol. The number of thioether (sulfide) groups is 1. The summed E-state index contributed by atoms with van der Waals surface area (Å²) in [5.74, 6) is 1.99. The molecule has 1 heterocycles. The second-order valence-electron chi connectivity index (χ2n) is 4.05. The van der Waals surface area contributed by atoms with E-state index in [1.807, 2.05) is 4.90 Å². The van der Waals surface area contributed by atoms with Gasteiger partial charge in [0.1, 0.15) is 0 Å². The Bertz CT molecular complexity index is 220. The lowest BCUT2D eigenvalue weighted by Crippen LogP contribution is -2.49. The van der Waals surface area contributed by atoms with E-state index in [2.05, 4.69) is 19.2 Å². The number of nitrogens with one attached hydrogen (secondary N) is 1. The van der Waals surface area contributed by atoms with Gasteiger partial charge in [-0.2, -0.15) is 0 Å². The average Bonchev–Trinajstić information content (AvgIpc) is 2.82. The predicted octanol–water partition coefficient (Wildman–Crippen LogP) is 0.922. The summed E-state index contributed by atoms with van der Waals surface area (Å²) in [5, 5.41) is 3.22. The zero-order valence-corrected chi connectivity index (χ0v) is 11.2. The molecule has 0 aromatic heterocycles. The molecule has 16 heavy (non-hydrogen) atoms. The van der Waals surface area contributed by atoms with Gasteiger partial charge in [0.05, 0.1) is 12.6 Å². The highest BCUT2D eigenvalue weighted by molar-refractivity contribution is 7.99. The number of hydrogen-bond donors (Lipinski definition) is 1. The van der Waals surface area contributed by atoms with Crippen LogP contribution < -0.4 is 5.32 Å². The first-order valence-corrected chi connectivity index (χ1v) is 6.96. The highest BCUT2D eigenvalue weighted by Gasteiger charge is 2.29. The lowest BCUT2D eigenvalue weighted by atomic mass is 10.2. The van der Waals surface area contributed by atoms with Crippen LogP contribution in [0.25, 0.3) is 0 Å². The summed E-state index contributed by atoms with van der Waals surface area (Å²) in [6, 6.07) is 0.283. The Morgan fingerprint density at radius 3 is 2.94 bits per heavy atom. The van der Waals surface area contributed by atoms with Crippen LogP contribution >= 0.6 is 11.8 Å². The van der Waals surface area contributed by atoms with Crippen molar-refractivity contribution in [2.45, 2.75) is 32.4 Å². The van der Waals surface area contributed by atoms with Gasteiger partial charge >= 0.3 is 0 Å². The number of carbonyl (C=O) groups is 1. The summed E-state index contributed by atoms with van der Waals surface area (Å²) >= 11 is 1.78. The fraction of sp³-hybridized carbons (Fsp3) is 0.909. The Balaban J connectivity index is 2.55. The zero-order valence-electron chi connectivity index (χ0n) is 10.4. The summed E-state index contributed by atoms with van der Waals surface area (Å²) in [6.45, 7) is 5.49. The molecule has 4 nitrogen and oxygen atoms in total. The molecule has 1 rings (SSSR count). The summed E-state index contributed by atoms with van der Waals surface area (Å²) < 4.78 is 5.06. The normalized spacial score (nSPS) is 22.1. The number of amides is 1. The van der Waals surface area contributed by atoms with Crippen molar-refractivity contribution in [2.75, 3.05) is 31.9 Å². The highest BCUT2D eigenvalue weighted by atomic mass is 32.2. The van der Waals surface area contributed by atoms with Gasteiger partial charge in [-0.1, -0.05) is 6.92 Å². The SMILES string of the molecule is CCC(C)N(CCOC)C(=O)C1CSCN1. The fourth-order valence-corrected chi connectivity index (χ4v) is 2.64. The largest absolute Gasteiger partial charge is 0.383 e. The Morgan fingerprint density at radius 2 is 2.44 bits per heavy atom. The molecule has 1 fully saturated rings. The van der Waals surface area contributed by atoms with Crippen LogP contribution in [0, 0.1) is 0 Å². The van der Waals surface area contributed by atoms with Gasteiger partial charge in [0.25, 0.3) is 0 Å². The average molecular weight is 246 g/mol. The van der Waals surface area contributed by atoms with E-state index in [0.29, 0.717) is 13.2 Å². The van der Waals surface area contributed by atoms with Crippen molar-refractivity contribution in [3.8, 4) is 0 Å². The van der Waals surface area contributed by atoms with Crippen LogP contribution in [0.4, 0.5) is 0 Å². The third-order valence-electron chi connectivity index (χ3n) is 2.96. The van der Waals surface area contributed by atoms with Gasteiger partial charge in [-0.05, 0) is 13.3 Å². The summed E-state index contributed by atoms with van der Waals surface area (Å²) in [6.07, 6.45) is 0.981. The summed E-state index contributed by atoms with van der Waals surface area (Å²) in [4.78, 5) is 14.2. The van der Waals surface area contributed by atoms with E-state index in [9.17, 15) is 4.79 Å². The van der Waals surface area contributed by atoms with Crippen LogP contribution in [0.1, 0.15) is 20.3 Å². The molecule has 2 unspecified atom stereocenters. The van der Waals surface area contributed by atoms with Crippen LogP contribution in [0.3, 0.4) is 0 Å². The van der Waals surface area contributed by atoms with Gasteiger partial charge in [0.15, 0.2) is 0 Å². The highest BCUT2D eigenvalue weighted by Crippen LogP contribution is 2.14. The van der Waals surface area contributed by atoms with Gasteiger partial charge in [0, 0.05) is 31.3 Å². The van der Waals surface area contributed by atoms with Crippen molar-refractivity contribution in [3.05, 3.63) is 0 Å². The van der Waals surface area contributed by atoms with E-state index in [4.69, 9.17) is 4.74 Å². The third-order valence-corrected chi connectivity index (χ3v) is 3.90. The third kappa shape index (κ3) is 3.64. The van der Waals surface area contributed by atoms with Crippen molar-refractivity contribution in [2.24, 2.45) is 0 Å². The maximum absolute atomic E-state index is 12.2. The molecule has 2 atom stereocenters. The number of hydrogen-bond acceptors (Lipinski definition) is 4. The Kier molecular flexibility index (Phi) is 6.16. The van der Waals surface area contributed by atoms with Gasteiger partial charge in [-0.15, -0.1) is 11.8 Å². The first-order valence-electron chi connectivity index (χ1n) is 5.81. The first kappa shape index (κ1) is 13.8. The van der Waals surface area contributed by atoms with Crippen LogP contribution in [0.2, 0.25) is 0 Å². The Labute approximate surface area is 102 Å². The molecule has 0 bridgehead atoms. The minimum atomic E-state index is -0.00384. The van der Waals surface area contributed by atoms with E-state index in [1.54, 1.807) is 18.9 Å². The summed E-state index contributed by atoms with van der Waals surface area (Å²) in [5.41, 5.74) is 0. The minimum absolute atomic E-state index is 0.00384. The quantitative estimate of drug-likeness (QED) is 0.757. The van der Waals surface area contributed by atoms with Crippen molar-refractivity contribution < 1.29 is 9.53 Å². The fourth-order valence-electron chi connectivity index (χ4n) is 1.71. The van der Waals surface area contributed by atoms with Crippen LogP contribution in [0.15, 0.2) is 0 Å². The number of ether oxygens (including phenoxy) is 1. The molecular formula is C11H22N2O2S. The Morgan fingerprint density at radius 1 is 1.69 bits per heavy atom. The van der Waals surface area contributed by atoms with Crippen molar-refractivity contribution in [3.63, 3.8) is 0 Å². The standard InChI is InChI=1S/C11H22N2O2S/c1-4-9(2)13(5-6-15-3)11(14)10-7-16-8-12-10/h9-10,12H,4-8H2,1-3H3. The van der Waals surface area contributed by atoms with E-state index in [0.717, 1.165) is 18.1 Å². The van der Waals surface area contributed by atoms with Gasteiger partial charge in [0.2, 0.25) is 5.91 Å². The van der Waals surface area contributed by atoms with Gasteiger partial charge in [-0.3, -0.25) is 10.1 Å². The topological polar surface area (TPSA) is 41.6 Å². The monoisotopic (exact) mass is 246 g/mol. The lowest BCUT2D eigenvalue weighted by Gasteiger charge is -2.30. The molecule has 0 saturated carbocycles. The Hall–Kier alpha value is -0.260. The molecule has 1 amide bonds. The molecule has 1 aliphatic heterocycles. The number of methoxy groups -OCH3 is 1. The van der Waals surface area contributed by atoms with Crippen LogP contribution in [-0.4, -0.2) is 54.8 Å². The molecule has 0 aliphatic carbocycles. The van der Waals surface area contributed by atoms with E-state index < -0.39 is 0 Å². The molecule has 0 radical (unpaired) electrons. The van der Waals surface area contributed by atoms with E-state index >= 15 is 0 Å². The molecule has 1 saturated heterocycles. The number of nitrogens with zero attached hydrogens (tertiary/aromatic N) is 1.